The molecule has 5 nitrogen and oxygen atoms in total. The second-order valence-corrected chi connectivity index (χ2v) is 3.98. The molecule has 2 aromatic heterocycles. The average molecular weight is 214 g/mol. The van der Waals surface area contributed by atoms with Crippen molar-refractivity contribution >= 4 is 22.5 Å². The predicted molar refractivity (Wildman–Crippen MR) is 61.5 cm³/mol. The van der Waals surface area contributed by atoms with Crippen molar-refractivity contribution in [3.8, 4) is 0 Å². The molecule has 1 radical (unpaired) electrons. The van der Waals surface area contributed by atoms with Crippen molar-refractivity contribution in [2.24, 2.45) is 0 Å². The van der Waals surface area contributed by atoms with E-state index in [-0.39, 0.29) is 5.82 Å². The van der Waals surface area contributed by atoms with Crippen LogP contribution in [-0.2, 0) is 0 Å². The zero-order chi connectivity index (χ0) is 11.0. The van der Waals surface area contributed by atoms with E-state index in [1.165, 1.54) is 19.2 Å². The van der Waals surface area contributed by atoms with Gasteiger partial charge in [-0.05, 0) is 18.9 Å². The number of rotatable bonds is 1. The molecule has 0 spiro atoms. The Morgan fingerprint density at radius 2 is 1.94 bits per heavy atom. The van der Waals surface area contributed by atoms with E-state index in [0.717, 1.165) is 29.8 Å². The van der Waals surface area contributed by atoms with Crippen LogP contribution >= 0.6 is 0 Å². The van der Waals surface area contributed by atoms with Crippen molar-refractivity contribution in [3.63, 3.8) is 0 Å². The highest BCUT2D eigenvalue weighted by Gasteiger charge is 2.14. The molecule has 0 aromatic carbocycles. The number of aromatic nitrogens is 3. The van der Waals surface area contributed by atoms with Gasteiger partial charge in [0.1, 0.15) is 12.1 Å². The second kappa shape index (κ2) is 3.59. The van der Waals surface area contributed by atoms with Crippen LogP contribution < -0.4 is 10.6 Å². The lowest BCUT2D eigenvalue weighted by atomic mass is 10.3. The molecule has 1 fully saturated rings. The number of pyridine rings is 1. The minimum absolute atomic E-state index is 0.271. The maximum Gasteiger partial charge on any atom is 0.155 e. The summed E-state index contributed by atoms with van der Waals surface area (Å²) in [6.07, 6.45) is 5.57. The fourth-order valence-electron chi connectivity index (χ4n) is 2.07. The topological polar surface area (TPSA) is 65.7 Å². The predicted octanol–water partition coefficient (Wildman–Crippen LogP) is 1.54. The quantitative estimate of drug-likeness (QED) is 0.722. The van der Waals surface area contributed by atoms with Gasteiger partial charge in [-0.15, -0.1) is 0 Å². The highest BCUT2D eigenvalue weighted by atomic mass is 15.2. The summed E-state index contributed by atoms with van der Waals surface area (Å²) in [6.45, 7) is 2.11. The minimum Gasteiger partial charge on any atom is -0.357 e. The van der Waals surface area contributed by atoms with E-state index in [1.807, 2.05) is 6.07 Å². The van der Waals surface area contributed by atoms with Crippen LogP contribution in [0.5, 0.6) is 0 Å². The number of fused-ring (bicyclic) bond motifs is 1. The molecule has 0 amide bonds. The second-order valence-electron chi connectivity index (χ2n) is 3.98. The molecule has 0 saturated carbocycles. The van der Waals surface area contributed by atoms with Crippen LogP contribution in [0.1, 0.15) is 12.8 Å². The molecule has 0 atom stereocenters. The van der Waals surface area contributed by atoms with Gasteiger partial charge in [-0.2, -0.15) is 0 Å². The Labute approximate surface area is 93.3 Å². The Balaban J connectivity index is 2.10. The van der Waals surface area contributed by atoms with Gasteiger partial charge in [0, 0.05) is 18.5 Å². The molecule has 81 valence electrons. The average Bonchev–Trinajstić information content (AvgIpc) is 2.83. The fraction of sp³-hybridized carbons (Fsp3) is 0.364. The first-order valence-electron chi connectivity index (χ1n) is 5.42. The molecular formula is C11H12N5. The lowest BCUT2D eigenvalue weighted by molar-refractivity contribution is 0.939. The van der Waals surface area contributed by atoms with Gasteiger partial charge in [0.15, 0.2) is 5.82 Å². The van der Waals surface area contributed by atoms with E-state index >= 15 is 0 Å². The number of hydrogen-bond donors (Lipinski definition) is 0. The third-order valence-electron chi connectivity index (χ3n) is 2.94. The van der Waals surface area contributed by atoms with Crippen LogP contribution in [0.15, 0.2) is 18.6 Å². The smallest absolute Gasteiger partial charge is 0.155 e. The molecule has 16 heavy (non-hydrogen) atoms. The van der Waals surface area contributed by atoms with Crippen LogP contribution in [0.25, 0.3) is 10.9 Å². The van der Waals surface area contributed by atoms with E-state index in [1.54, 1.807) is 6.20 Å². The standard InChI is InChI=1S/C11H12N5/c12-11-8-5-10(16-3-1-2-4-16)13-6-9(8)14-7-15-11/h5-7,12H,1-4H2. The largest absolute Gasteiger partial charge is 0.357 e. The Morgan fingerprint density at radius 1 is 1.12 bits per heavy atom. The molecule has 3 heterocycles. The van der Waals surface area contributed by atoms with Crippen molar-refractivity contribution in [3.05, 3.63) is 18.6 Å². The van der Waals surface area contributed by atoms with Crippen molar-refractivity contribution in [1.29, 1.82) is 0 Å². The molecule has 1 aliphatic rings. The zero-order valence-corrected chi connectivity index (χ0v) is 8.85. The van der Waals surface area contributed by atoms with E-state index in [4.69, 9.17) is 5.73 Å². The summed E-state index contributed by atoms with van der Waals surface area (Å²) in [7, 11) is 0. The van der Waals surface area contributed by atoms with Crippen molar-refractivity contribution in [2.75, 3.05) is 18.0 Å². The summed E-state index contributed by atoms with van der Waals surface area (Å²) in [5, 5.41) is 0.777. The van der Waals surface area contributed by atoms with Crippen molar-refractivity contribution in [1.82, 2.24) is 20.7 Å². The fourth-order valence-corrected chi connectivity index (χ4v) is 2.07. The molecule has 1 aliphatic heterocycles. The Bertz CT molecular complexity index is 519. The first-order valence-corrected chi connectivity index (χ1v) is 5.42. The summed E-state index contributed by atoms with van der Waals surface area (Å²) in [5.74, 6) is 1.21. The van der Waals surface area contributed by atoms with Gasteiger partial charge >= 0.3 is 0 Å². The highest BCUT2D eigenvalue weighted by Crippen LogP contribution is 2.24. The number of nitrogens with zero attached hydrogens (tertiary/aromatic N) is 4. The summed E-state index contributed by atoms with van der Waals surface area (Å²) in [6, 6.07) is 1.92. The summed E-state index contributed by atoms with van der Waals surface area (Å²) in [4.78, 5) is 14.6. The van der Waals surface area contributed by atoms with Crippen LogP contribution in [0.4, 0.5) is 11.6 Å². The SMILES string of the molecule is [NH]c1ncnc2cnc(N3CCCC3)cc12. The summed E-state index contributed by atoms with van der Waals surface area (Å²) in [5.41, 5.74) is 8.47. The molecule has 5 heteroatoms. The first kappa shape index (κ1) is 9.33. The number of nitrogens with one attached hydrogen (secondary N) is 1. The van der Waals surface area contributed by atoms with Gasteiger partial charge in [0.05, 0.1) is 11.7 Å². The van der Waals surface area contributed by atoms with Crippen LogP contribution in [-0.4, -0.2) is 28.0 Å². The van der Waals surface area contributed by atoms with Gasteiger partial charge in [-0.25, -0.2) is 15.0 Å². The van der Waals surface area contributed by atoms with Gasteiger partial charge in [0.25, 0.3) is 0 Å². The maximum atomic E-state index is 7.73. The maximum absolute atomic E-state index is 7.73. The van der Waals surface area contributed by atoms with E-state index in [0.29, 0.717) is 0 Å². The van der Waals surface area contributed by atoms with E-state index in [2.05, 4.69) is 19.9 Å². The minimum atomic E-state index is 0.271. The molecule has 0 bridgehead atoms. The summed E-state index contributed by atoms with van der Waals surface area (Å²) < 4.78 is 0. The van der Waals surface area contributed by atoms with E-state index < -0.39 is 0 Å². The van der Waals surface area contributed by atoms with Crippen LogP contribution in [0.3, 0.4) is 0 Å². The Kier molecular flexibility index (Phi) is 2.09. The number of anilines is 1. The molecule has 1 N–H and O–H groups in total. The molecule has 0 aliphatic carbocycles. The summed E-state index contributed by atoms with van der Waals surface area (Å²) >= 11 is 0. The molecular weight excluding hydrogens is 202 g/mol. The third kappa shape index (κ3) is 1.44. The third-order valence-corrected chi connectivity index (χ3v) is 2.94. The molecule has 2 aromatic rings. The highest BCUT2D eigenvalue weighted by molar-refractivity contribution is 5.88. The molecule has 3 rings (SSSR count). The Hall–Kier alpha value is -1.91. The number of hydrogen-bond acceptors (Lipinski definition) is 4. The zero-order valence-electron chi connectivity index (χ0n) is 8.85. The lowest BCUT2D eigenvalue weighted by Crippen LogP contribution is -2.18. The van der Waals surface area contributed by atoms with Crippen molar-refractivity contribution < 1.29 is 0 Å². The molecule has 1 saturated heterocycles. The van der Waals surface area contributed by atoms with Crippen LogP contribution in [0, 0.1) is 0 Å². The van der Waals surface area contributed by atoms with Crippen molar-refractivity contribution in [2.45, 2.75) is 12.8 Å². The monoisotopic (exact) mass is 214 g/mol. The van der Waals surface area contributed by atoms with E-state index in [9.17, 15) is 0 Å². The lowest BCUT2D eigenvalue weighted by Gasteiger charge is -2.16. The first-order chi connectivity index (χ1) is 7.84. The Morgan fingerprint density at radius 3 is 2.75 bits per heavy atom. The van der Waals surface area contributed by atoms with Gasteiger partial charge in [-0.1, -0.05) is 0 Å². The van der Waals surface area contributed by atoms with Gasteiger partial charge < -0.3 is 4.90 Å². The van der Waals surface area contributed by atoms with Gasteiger partial charge in [-0.3, -0.25) is 5.73 Å². The van der Waals surface area contributed by atoms with Crippen LogP contribution in [0.2, 0.25) is 0 Å². The normalized spacial score (nSPS) is 15.9. The molecule has 0 unspecified atom stereocenters. The van der Waals surface area contributed by atoms with Gasteiger partial charge in [0.2, 0.25) is 0 Å².